The number of hydrogen-bond acceptors (Lipinski definition) is 2. The van der Waals surface area contributed by atoms with Gasteiger partial charge in [0.2, 0.25) is 0 Å². The lowest BCUT2D eigenvalue weighted by atomic mass is 9.98. The van der Waals surface area contributed by atoms with Gasteiger partial charge in [0.1, 0.15) is 6.10 Å². The van der Waals surface area contributed by atoms with E-state index in [4.69, 9.17) is 11.6 Å². The van der Waals surface area contributed by atoms with Crippen LogP contribution in [0.2, 0.25) is 0 Å². The van der Waals surface area contributed by atoms with E-state index < -0.39 is 12.2 Å². The summed E-state index contributed by atoms with van der Waals surface area (Å²) in [5, 5.41) is 20.2. The number of aliphatic hydroxyl groups is 2. The lowest BCUT2D eigenvalue weighted by molar-refractivity contribution is 0.0169. The van der Waals surface area contributed by atoms with E-state index in [1.165, 1.54) is 0 Å². The SMILES string of the molecule is OC(CCBr)C(O)c1ccccc1CCl. The van der Waals surface area contributed by atoms with Gasteiger partial charge in [0.25, 0.3) is 0 Å². The molecular formula is C11H14BrClO2. The number of aliphatic hydroxyl groups excluding tert-OH is 2. The first kappa shape index (κ1) is 13.0. The molecule has 1 aromatic carbocycles. The van der Waals surface area contributed by atoms with Crippen LogP contribution in [0.15, 0.2) is 24.3 Å². The zero-order chi connectivity index (χ0) is 11.3. The molecule has 2 unspecified atom stereocenters. The van der Waals surface area contributed by atoms with Crippen molar-refractivity contribution in [2.45, 2.75) is 24.5 Å². The predicted molar refractivity (Wildman–Crippen MR) is 65.4 cm³/mol. The molecule has 0 bridgehead atoms. The first-order valence-electron chi connectivity index (χ1n) is 4.76. The lowest BCUT2D eigenvalue weighted by Gasteiger charge is -2.19. The van der Waals surface area contributed by atoms with Crippen molar-refractivity contribution in [3.63, 3.8) is 0 Å². The van der Waals surface area contributed by atoms with Crippen molar-refractivity contribution in [3.05, 3.63) is 35.4 Å². The van der Waals surface area contributed by atoms with Crippen molar-refractivity contribution in [1.82, 2.24) is 0 Å². The fourth-order valence-corrected chi connectivity index (χ4v) is 2.13. The van der Waals surface area contributed by atoms with Gasteiger partial charge in [0, 0.05) is 11.2 Å². The fraction of sp³-hybridized carbons (Fsp3) is 0.455. The van der Waals surface area contributed by atoms with Crippen molar-refractivity contribution < 1.29 is 10.2 Å². The summed E-state index contributed by atoms with van der Waals surface area (Å²) >= 11 is 8.99. The highest BCUT2D eigenvalue weighted by Crippen LogP contribution is 2.24. The molecule has 0 aromatic heterocycles. The summed E-state index contributed by atoms with van der Waals surface area (Å²) in [7, 11) is 0. The molecule has 0 saturated carbocycles. The van der Waals surface area contributed by atoms with E-state index in [1.54, 1.807) is 6.07 Å². The summed E-state index contributed by atoms with van der Waals surface area (Å²) in [6.07, 6.45) is -1.11. The van der Waals surface area contributed by atoms with Crippen molar-refractivity contribution >= 4 is 27.5 Å². The molecule has 0 heterocycles. The Hall–Kier alpha value is -0.0900. The van der Waals surface area contributed by atoms with E-state index >= 15 is 0 Å². The van der Waals surface area contributed by atoms with Crippen LogP contribution in [0.25, 0.3) is 0 Å². The van der Waals surface area contributed by atoms with Gasteiger partial charge in [0.15, 0.2) is 0 Å². The Labute approximate surface area is 103 Å². The Balaban J connectivity index is 2.84. The van der Waals surface area contributed by atoms with Gasteiger partial charge >= 0.3 is 0 Å². The van der Waals surface area contributed by atoms with E-state index in [2.05, 4.69) is 15.9 Å². The number of hydrogen-bond donors (Lipinski definition) is 2. The highest BCUT2D eigenvalue weighted by atomic mass is 79.9. The van der Waals surface area contributed by atoms with Gasteiger partial charge in [-0.1, -0.05) is 40.2 Å². The van der Waals surface area contributed by atoms with E-state index in [-0.39, 0.29) is 0 Å². The maximum Gasteiger partial charge on any atom is 0.105 e. The minimum absolute atomic E-state index is 0.342. The monoisotopic (exact) mass is 292 g/mol. The third kappa shape index (κ3) is 3.45. The first-order valence-corrected chi connectivity index (χ1v) is 6.42. The summed E-state index contributed by atoms with van der Waals surface area (Å²) in [5.74, 6) is 0.342. The van der Waals surface area contributed by atoms with E-state index in [0.717, 1.165) is 5.56 Å². The lowest BCUT2D eigenvalue weighted by Crippen LogP contribution is -2.19. The largest absolute Gasteiger partial charge is 0.390 e. The molecule has 1 rings (SSSR count). The number of halogens is 2. The molecule has 0 aliphatic rings. The van der Waals surface area contributed by atoms with Gasteiger partial charge < -0.3 is 10.2 Å². The highest BCUT2D eigenvalue weighted by Gasteiger charge is 2.19. The minimum atomic E-state index is -0.863. The third-order valence-corrected chi connectivity index (χ3v) is 3.03. The molecule has 0 aliphatic heterocycles. The second-order valence-electron chi connectivity index (χ2n) is 3.32. The molecule has 2 atom stereocenters. The molecule has 0 spiro atoms. The molecule has 15 heavy (non-hydrogen) atoms. The molecule has 2 nitrogen and oxygen atoms in total. The molecule has 4 heteroatoms. The Morgan fingerprint density at radius 3 is 2.53 bits per heavy atom. The molecular weight excluding hydrogens is 279 g/mol. The maximum atomic E-state index is 9.90. The highest BCUT2D eigenvalue weighted by molar-refractivity contribution is 9.09. The Bertz CT molecular complexity index is 306. The molecule has 0 aliphatic carbocycles. The molecule has 0 saturated heterocycles. The van der Waals surface area contributed by atoms with Crippen LogP contribution in [0.4, 0.5) is 0 Å². The Kier molecular flexibility index (Phi) is 5.61. The van der Waals surface area contributed by atoms with Crippen molar-refractivity contribution in [2.24, 2.45) is 0 Å². The van der Waals surface area contributed by atoms with E-state index in [0.29, 0.717) is 23.2 Å². The first-order chi connectivity index (χ1) is 7.20. The van der Waals surface area contributed by atoms with Crippen LogP contribution >= 0.6 is 27.5 Å². The molecule has 2 N–H and O–H groups in total. The van der Waals surface area contributed by atoms with Gasteiger partial charge in [-0.25, -0.2) is 0 Å². The molecule has 84 valence electrons. The van der Waals surface area contributed by atoms with Gasteiger partial charge in [-0.3, -0.25) is 0 Å². The number of benzene rings is 1. The summed E-state index contributed by atoms with van der Waals surface area (Å²) in [6.45, 7) is 0. The fourth-order valence-electron chi connectivity index (χ4n) is 1.42. The van der Waals surface area contributed by atoms with Crippen LogP contribution in [0, 0.1) is 0 Å². The van der Waals surface area contributed by atoms with Crippen LogP contribution in [0.5, 0.6) is 0 Å². The Morgan fingerprint density at radius 1 is 1.27 bits per heavy atom. The van der Waals surface area contributed by atoms with Crippen LogP contribution in [-0.4, -0.2) is 21.6 Å². The predicted octanol–water partition coefficient (Wildman–Crippen LogP) is 2.60. The number of alkyl halides is 2. The van der Waals surface area contributed by atoms with Crippen LogP contribution < -0.4 is 0 Å². The minimum Gasteiger partial charge on any atom is -0.390 e. The van der Waals surface area contributed by atoms with Gasteiger partial charge in [-0.15, -0.1) is 11.6 Å². The summed E-state index contributed by atoms with van der Waals surface area (Å²) in [5.41, 5.74) is 1.57. The second-order valence-corrected chi connectivity index (χ2v) is 4.38. The summed E-state index contributed by atoms with van der Waals surface area (Å²) in [4.78, 5) is 0. The van der Waals surface area contributed by atoms with E-state index in [9.17, 15) is 10.2 Å². The van der Waals surface area contributed by atoms with Crippen molar-refractivity contribution in [1.29, 1.82) is 0 Å². The van der Waals surface area contributed by atoms with Gasteiger partial charge in [-0.2, -0.15) is 0 Å². The van der Waals surface area contributed by atoms with Crippen LogP contribution in [0.3, 0.4) is 0 Å². The average Bonchev–Trinajstić information content (AvgIpc) is 2.28. The quantitative estimate of drug-likeness (QED) is 0.819. The van der Waals surface area contributed by atoms with Crippen molar-refractivity contribution in [3.8, 4) is 0 Å². The summed E-state index contributed by atoms with van der Waals surface area (Å²) in [6, 6.07) is 7.34. The second kappa shape index (κ2) is 6.48. The van der Waals surface area contributed by atoms with Crippen LogP contribution in [-0.2, 0) is 5.88 Å². The summed E-state index contributed by atoms with van der Waals surface area (Å²) < 4.78 is 0. The number of rotatable bonds is 5. The molecule has 1 aromatic rings. The average molecular weight is 294 g/mol. The van der Waals surface area contributed by atoms with Gasteiger partial charge in [-0.05, 0) is 17.5 Å². The Morgan fingerprint density at radius 2 is 1.93 bits per heavy atom. The maximum absolute atomic E-state index is 9.90. The zero-order valence-corrected chi connectivity index (χ0v) is 10.6. The molecule has 0 fully saturated rings. The molecule has 0 radical (unpaired) electrons. The smallest absolute Gasteiger partial charge is 0.105 e. The van der Waals surface area contributed by atoms with Gasteiger partial charge in [0.05, 0.1) is 6.10 Å². The topological polar surface area (TPSA) is 40.5 Å². The van der Waals surface area contributed by atoms with E-state index in [1.807, 2.05) is 18.2 Å². The molecule has 0 amide bonds. The normalized spacial score (nSPS) is 14.9. The van der Waals surface area contributed by atoms with Crippen LogP contribution in [0.1, 0.15) is 23.7 Å². The third-order valence-electron chi connectivity index (χ3n) is 2.29. The standard InChI is InChI=1S/C11H14BrClO2/c12-6-5-10(14)11(15)9-4-2-1-3-8(9)7-13/h1-4,10-11,14-15H,5-7H2. The van der Waals surface area contributed by atoms with Crippen molar-refractivity contribution in [2.75, 3.05) is 5.33 Å². The zero-order valence-electron chi connectivity index (χ0n) is 8.24.